The summed E-state index contributed by atoms with van der Waals surface area (Å²) in [5.41, 5.74) is 0.486. The van der Waals surface area contributed by atoms with E-state index in [1.54, 1.807) is 6.92 Å². The Hall–Kier alpha value is -1.56. The van der Waals surface area contributed by atoms with E-state index in [0.29, 0.717) is 18.7 Å². The van der Waals surface area contributed by atoms with Crippen molar-refractivity contribution in [3.05, 3.63) is 11.3 Å². The number of carbonyl (C=O) groups is 1. The highest BCUT2D eigenvalue weighted by Crippen LogP contribution is 2.18. The molecule has 0 fully saturated rings. The summed E-state index contributed by atoms with van der Waals surface area (Å²) >= 11 is 0. The van der Waals surface area contributed by atoms with Crippen molar-refractivity contribution >= 4 is 5.91 Å². The summed E-state index contributed by atoms with van der Waals surface area (Å²) in [5.74, 6) is -0.652. The minimum Gasteiger partial charge on any atom is -0.479 e. The van der Waals surface area contributed by atoms with Gasteiger partial charge in [0, 0.05) is 13.1 Å². The fourth-order valence-electron chi connectivity index (χ4n) is 1.06. The second kappa shape index (κ2) is 5.35. The number of nitrogens with zero attached hydrogens (tertiary/aromatic N) is 1. The van der Waals surface area contributed by atoms with E-state index in [1.807, 2.05) is 6.92 Å². The van der Waals surface area contributed by atoms with E-state index in [1.165, 1.54) is 0 Å². The largest absolute Gasteiger partial charge is 0.479 e. The first-order valence-electron chi connectivity index (χ1n) is 4.81. The molecule has 0 unspecified atom stereocenters. The van der Waals surface area contributed by atoms with E-state index < -0.39 is 0 Å². The van der Waals surface area contributed by atoms with Gasteiger partial charge in [-0.25, -0.2) is 0 Å². The van der Waals surface area contributed by atoms with Crippen LogP contribution < -0.4 is 10.6 Å². The maximum atomic E-state index is 11.5. The first kappa shape index (κ1) is 11.5. The number of nitrogens with one attached hydrogen (secondary N) is 2. The van der Waals surface area contributed by atoms with Gasteiger partial charge in [-0.15, -0.1) is 0 Å². The Labute approximate surface area is 87.6 Å². The summed E-state index contributed by atoms with van der Waals surface area (Å²) in [5, 5.41) is 18.3. The number of likely N-dealkylation sites (N-methyl/N-ethyl adjacent to an activating group) is 1. The van der Waals surface area contributed by atoms with E-state index in [2.05, 4.69) is 20.3 Å². The Morgan fingerprint density at radius 2 is 2.27 bits per heavy atom. The molecule has 1 aromatic heterocycles. The van der Waals surface area contributed by atoms with Crippen molar-refractivity contribution in [1.29, 1.82) is 0 Å². The molecule has 0 saturated carbocycles. The Morgan fingerprint density at radius 3 is 2.80 bits per heavy atom. The van der Waals surface area contributed by atoms with Crippen LogP contribution in [0.2, 0.25) is 0 Å². The van der Waals surface area contributed by atoms with Gasteiger partial charge in [0.25, 0.3) is 5.91 Å². The number of hydrogen-bond donors (Lipinski definition) is 3. The summed E-state index contributed by atoms with van der Waals surface area (Å²) in [7, 11) is 0. The molecular weight excluding hydrogens is 198 g/mol. The molecule has 0 aromatic carbocycles. The SMILES string of the molecule is CCNCCNC(=O)c1noc(O)c1C. The minimum absolute atomic E-state index is 0.129. The van der Waals surface area contributed by atoms with Crippen molar-refractivity contribution in [2.75, 3.05) is 19.6 Å². The molecule has 1 aromatic rings. The van der Waals surface area contributed by atoms with Crippen LogP contribution in [0.1, 0.15) is 23.0 Å². The van der Waals surface area contributed by atoms with Crippen LogP contribution in [0.5, 0.6) is 5.95 Å². The first-order valence-corrected chi connectivity index (χ1v) is 4.81. The van der Waals surface area contributed by atoms with Gasteiger partial charge in [0.2, 0.25) is 0 Å². The molecule has 15 heavy (non-hydrogen) atoms. The van der Waals surface area contributed by atoms with Crippen LogP contribution in [0.15, 0.2) is 4.52 Å². The lowest BCUT2D eigenvalue weighted by atomic mass is 10.2. The van der Waals surface area contributed by atoms with Gasteiger partial charge in [-0.3, -0.25) is 4.79 Å². The number of aromatic nitrogens is 1. The average Bonchev–Trinajstić information content (AvgIpc) is 2.55. The van der Waals surface area contributed by atoms with E-state index in [-0.39, 0.29) is 17.5 Å². The van der Waals surface area contributed by atoms with Crippen molar-refractivity contribution in [2.24, 2.45) is 0 Å². The molecule has 0 bridgehead atoms. The number of hydrogen-bond acceptors (Lipinski definition) is 5. The maximum absolute atomic E-state index is 11.5. The number of rotatable bonds is 5. The molecule has 0 saturated heterocycles. The number of carbonyl (C=O) groups excluding carboxylic acids is 1. The van der Waals surface area contributed by atoms with Gasteiger partial charge in [0.15, 0.2) is 5.69 Å². The Balaban J connectivity index is 2.44. The summed E-state index contributed by atoms with van der Waals surface area (Å²) in [6.45, 7) is 5.64. The van der Waals surface area contributed by atoms with Gasteiger partial charge in [0.1, 0.15) is 0 Å². The lowest BCUT2D eigenvalue weighted by molar-refractivity contribution is 0.0944. The topological polar surface area (TPSA) is 87.4 Å². The highest BCUT2D eigenvalue weighted by molar-refractivity contribution is 5.93. The van der Waals surface area contributed by atoms with Crippen molar-refractivity contribution in [1.82, 2.24) is 15.8 Å². The van der Waals surface area contributed by atoms with Crippen LogP contribution in [0.4, 0.5) is 0 Å². The molecule has 6 heteroatoms. The Kier molecular flexibility index (Phi) is 4.11. The molecule has 1 heterocycles. The third-order valence-electron chi connectivity index (χ3n) is 1.95. The molecule has 3 N–H and O–H groups in total. The fourth-order valence-corrected chi connectivity index (χ4v) is 1.06. The highest BCUT2D eigenvalue weighted by atomic mass is 16.5. The normalized spacial score (nSPS) is 10.3. The molecular formula is C9H15N3O3. The Morgan fingerprint density at radius 1 is 1.53 bits per heavy atom. The predicted octanol–water partition coefficient (Wildman–Crippen LogP) is 0.0279. The molecule has 0 radical (unpaired) electrons. The van der Waals surface area contributed by atoms with Gasteiger partial charge in [-0.1, -0.05) is 12.1 Å². The quantitative estimate of drug-likeness (QED) is 0.600. The molecule has 1 amide bonds. The maximum Gasteiger partial charge on any atom is 0.312 e. The van der Waals surface area contributed by atoms with Gasteiger partial charge < -0.3 is 20.3 Å². The van der Waals surface area contributed by atoms with Crippen molar-refractivity contribution in [2.45, 2.75) is 13.8 Å². The van der Waals surface area contributed by atoms with Crippen LogP contribution in [-0.4, -0.2) is 35.8 Å². The standard InChI is InChI=1S/C9H15N3O3/c1-3-10-4-5-11-8(13)7-6(2)9(14)15-12-7/h10,14H,3-5H2,1-2H3,(H,11,13). The predicted molar refractivity (Wildman–Crippen MR) is 53.8 cm³/mol. The van der Waals surface area contributed by atoms with Crippen molar-refractivity contribution < 1.29 is 14.4 Å². The van der Waals surface area contributed by atoms with E-state index in [4.69, 9.17) is 5.11 Å². The van der Waals surface area contributed by atoms with E-state index >= 15 is 0 Å². The Bertz CT molecular complexity index is 335. The van der Waals surface area contributed by atoms with E-state index in [9.17, 15) is 4.79 Å². The second-order valence-electron chi connectivity index (χ2n) is 3.07. The third-order valence-corrected chi connectivity index (χ3v) is 1.95. The molecule has 0 aliphatic carbocycles. The molecule has 1 rings (SSSR count). The third kappa shape index (κ3) is 2.95. The second-order valence-corrected chi connectivity index (χ2v) is 3.07. The molecule has 0 atom stereocenters. The van der Waals surface area contributed by atoms with Crippen LogP contribution in [0.25, 0.3) is 0 Å². The van der Waals surface area contributed by atoms with Crippen LogP contribution in [-0.2, 0) is 0 Å². The smallest absolute Gasteiger partial charge is 0.312 e. The average molecular weight is 213 g/mol. The summed E-state index contributed by atoms with van der Waals surface area (Å²) in [4.78, 5) is 11.5. The summed E-state index contributed by atoms with van der Waals surface area (Å²) in [6.07, 6.45) is 0. The minimum atomic E-state index is -0.338. The lowest BCUT2D eigenvalue weighted by Gasteiger charge is -2.03. The first-order chi connectivity index (χ1) is 7.16. The van der Waals surface area contributed by atoms with Gasteiger partial charge in [-0.05, 0) is 13.5 Å². The fraction of sp³-hybridized carbons (Fsp3) is 0.556. The molecule has 0 aliphatic heterocycles. The zero-order valence-electron chi connectivity index (χ0n) is 8.83. The molecule has 84 valence electrons. The van der Waals surface area contributed by atoms with Gasteiger partial charge in [-0.2, -0.15) is 0 Å². The highest BCUT2D eigenvalue weighted by Gasteiger charge is 2.17. The van der Waals surface area contributed by atoms with Crippen LogP contribution >= 0.6 is 0 Å². The van der Waals surface area contributed by atoms with Crippen molar-refractivity contribution in [3.63, 3.8) is 0 Å². The zero-order valence-corrected chi connectivity index (χ0v) is 8.83. The summed E-state index contributed by atoms with van der Waals surface area (Å²) < 4.78 is 4.47. The lowest BCUT2D eigenvalue weighted by Crippen LogP contribution is -2.32. The molecule has 0 aliphatic rings. The molecule has 0 spiro atoms. The monoisotopic (exact) mass is 213 g/mol. The molecule has 6 nitrogen and oxygen atoms in total. The van der Waals surface area contributed by atoms with Crippen LogP contribution in [0.3, 0.4) is 0 Å². The van der Waals surface area contributed by atoms with E-state index in [0.717, 1.165) is 6.54 Å². The zero-order chi connectivity index (χ0) is 11.3. The number of amides is 1. The van der Waals surface area contributed by atoms with Crippen LogP contribution in [0, 0.1) is 6.92 Å². The van der Waals surface area contributed by atoms with Gasteiger partial charge in [0.05, 0.1) is 5.56 Å². The number of aromatic hydroxyl groups is 1. The van der Waals surface area contributed by atoms with Crippen molar-refractivity contribution in [3.8, 4) is 5.95 Å². The van der Waals surface area contributed by atoms with Gasteiger partial charge >= 0.3 is 5.95 Å². The summed E-state index contributed by atoms with van der Waals surface area (Å²) in [6, 6.07) is 0.